The van der Waals surface area contributed by atoms with Gasteiger partial charge in [-0.15, -0.1) is 0 Å². The second-order valence-electron chi connectivity index (χ2n) is 4.34. The molecule has 2 aromatic rings. The number of carbonyl (C=O) groups excluding carboxylic acids is 1. The minimum atomic E-state index is -0.0478. The molecule has 3 nitrogen and oxygen atoms in total. The molecule has 2 rings (SSSR count). The van der Waals surface area contributed by atoms with E-state index < -0.39 is 0 Å². The van der Waals surface area contributed by atoms with E-state index in [0.29, 0.717) is 17.7 Å². The standard InChI is InChI=1S/C16H14N2O/c1-18(12-14-5-3-2-4-6-14)16(19)15-9-7-13(11-17)8-10-15/h2-10H,12H2,1H3. The van der Waals surface area contributed by atoms with E-state index in [0.717, 1.165) is 5.56 Å². The van der Waals surface area contributed by atoms with Crippen molar-refractivity contribution >= 4 is 5.91 Å². The van der Waals surface area contributed by atoms with Crippen LogP contribution in [0.3, 0.4) is 0 Å². The average Bonchev–Trinajstić information content (AvgIpc) is 2.47. The van der Waals surface area contributed by atoms with Crippen LogP contribution in [-0.2, 0) is 6.54 Å². The number of benzene rings is 2. The van der Waals surface area contributed by atoms with Gasteiger partial charge in [-0.2, -0.15) is 5.26 Å². The lowest BCUT2D eigenvalue weighted by molar-refractivity contribution is 0.0785. The summed E-state index contributed by atoms with van der Waals surface area (Å²) in [5.41, 5.74) is 2.24. The third kappa shape index (κ3) is 3.20. The van der Waals surface area contributed by atoms with E-state index >= 15 is 0 Å². The fraction of sp³-hybridized carbons (Fsp3) is 0.125. The fourth-order valence-electron chi connectivity index (χ4n) is 1.84. The molecule has 19 heavy (non-hydrogen) atoms. The fourth-order valence-corrected chi connectivity index (χ4v) is 1.84. The highest BCUT2D eigenvalue weighted by Gasteiger charge is 2.11. The molecule has 2 aromatic carbocycles. The lowest BCUT2D eigenvalue weighted by atomic mass is 10.1. The number of hydrogen-bond acceptors (Lipinski definition) is 2. The molecular weight excluding hydrogens is 236 g/mol. The average molecular weight is 250 g/mol. The van der Waals surface area contributed by atoms with Crippen molar-refractivity contribution in [2.24, 2.45) is 0 Å². The Labute approximate surface area is 112 Å². The van der Waals surface area contributed by atoms with Gasteiger partial charge in [0.2, 0.25) is 0 Å². The lowest BCUT2D eigenvalue weighted by Gasteiger charge is -2.17. The van der Waals surface area contributed by atoms with Crippen LogP contribution >= 0.6 is 0 Å². The van der Waals surface area contributed by atoms with Crippen LogP contribution in [0.1, 0.15) is 21.5 Å². The highest BCUT2D eigenvalue weighted by atomic mass is 16.2. The molecule has 3 heteroatoms. The number of nitrogens with zero attached hydrogens (tertiary/aromatic N) is 2. The summed E-state index contributed by atoms with van der Waals surface area (Å²) in [6, 6.07) is 18.6. The highest BCUT2D eigenvalue weighted by Crippen LogP contribution is 2.09. The van der Waals surface area contributed by atoms with Crippen LogP contribution in [0.5, 0.6) is 0 Å². The van der Waals surface area contributed by atoms with Gasteiger partial charge in [0.25, 0.3) is 5.91 Å². The summed E-state index contributed by atoms with van der Waals surface area (Å²) in [6.07, 6.45) is 0. The molecule has 94 valence electrons. The zero-order valence-electron chi connectivity index (χ0n) is 10.7. The van der Waals surface area contributed by atoms with Crippen LogP contribution in [0.25, 0.3) is 0 Å². The molecule has 0 saturated carbocycles. The van der Waals surface area contributed by atoms with Crippen molar-refractivity contribution in [3.63, 3.8) is 0 Å². The molecule has 0 aliphatic rings. The van der Waals surface area contributed by atoms with Crippen LogP contribution in [0.4, 0.5) is 0 Å². The van der Waals surface area contributed by atoms with Crippen molar-refractivity contribution in [2.75, 3.05) is 7.05 Å². The Morgan fingerprint density at radius 2 is 1.74 bits per heavy atom. The molecule has 1 amide bonds. The van der Waals surface area contributed by atoms with Gasteiger partial charge < -0.3 is 4.90 Å². The number of nitriles is 1. The van der Waals surface area contributed by atoms with E-state index in [2.05, 4.69) is 0 Å². The molecule has 0 aromatic heterocycles. The van der Waals surface area contributed by atoms with Gasteiger partial charge >= 0.3 is 0 Å². The maximum Gasteiger partial charge on any atom is 0.253 e. The molecule has 0 heterocycles. The van der Waals surface area contributed by atoms with E-state index in [1.54, 1.807) is 36.2 Å². The van der Waals surface area contributed by atoms with E-state index in [1.807, 2.05) is 36.4 Å². The van der Waals surface area contributed by atoms with E-state index in [1.165, 1.54) is 0 Å². The zero-order chi connectivity index (χ0) is 13.7. The van der Waals surface area contributed by atoms with Gasteiger partial charge in [0.1, 0.15) is 0 Å². The molecule has 0 aliphatic carbocycles. The Morgan fingerprint density at radius 1 is 1.11 bits per heavy atom. The molecule has 0 bridgehead atoms. The Morgan fingerprint density at radius 3 is 2.32 bits per heavy atom. The van der Waals surface area contributed by atoms with Crippen molar-refractivity contribution in [2.45, 2.75) is 6.54 Å². The molecule has 0 aliphatic heterocycles. The predicted molar refractivity (Wildman–Crippen MR) is 73.4 cm³/mol. The second-order valence-corrected chi connectivity index (χ2v) is 4.34. The Kier molecular flexibility index (Phi) is 3.94. The monoisotopic (exact) mass is 250 g/mol. The van der Waals surface area contributed by atoms with Gasteiger partial charge in [-0.3, -0.25) is 4.79 Å². The van der Waals surface area contributed by atoms with Gasteiger partial charge in [-0.25, -0.2) is 0 Å². The summed E-state index contributed by atoms with van der Waals surface area (Å²) in [6.45, 7) is 0.569. The Balaban J connectivity index is 2.08. The topological polar surface area (TPSA) is 44.1 Å². The molecular formula is C16H14N2O. The minimum Gasteiger partial charge on any atom is -0.337 e. The van der Waals surface area contributed by atoms with E-state index in [4.69, 9.17) is 5.26 Å². The van der Waals surface area contributed by atoms with Crippen LogP contribution in [0.15, 0.2) is 54.6 Å². The number of rotatable bonds is 3. The maximum atomic E-state index is 12.2. The normalized spacial score (nSPS) is 9.68. The molecule has 0 saturated heterocycles. The first kappa shape index (κ1) is 12.8. The van der Waals surface area contributed by atoms with Gasteiger partial charge in [-0.1, -0.05) is 30.3 Å². The third-order valence-corrected chi connectivity index (χ3v) is 2.87. The van der Waals surface area contributed by atoms with Gasteiger partial charge in [0.15, 0.2) is 0 Å². The largest absolute Gasteiger partial charge is 0.337 e. The lowest BCUT2D eigenvalue weighted by Crippen LogP contribution is -2.26. The van der Waals surface area contributed by atoms with Crippen molar-refractivity contribution < 1.29 is 4.79 Å². The smallest absolute Gasteiger partial charge is 0.253 e. The highest BCUT2D eigenvalue weighted by molar-refractivity contribution is 5.94. The zero-order valence-corrected chi connectivity index (χ0v) is 10.7. The van der Waals surface area contributed by atoms with Gasteiger partial charge in [-0.05, 0) is 29.8 Å². The Hall–Kier alpha value is -2.60. The summed E-state index contributed by atoms with van der Waals surface area (Å²) < 4.78 is 0. The van der Waals surface area contributed by atoms with Gasteiger partial charge in [0, 0.05) is 19.2 Å². The van der Waals surface area contributed by atoms with Gasteiger partial charge in [0.05, 0.1) is 11.6 Å². The quantitative estimate of drug-likeness (QED) is 0.840. The molecule has 0 radical (unpaired) electrons. The summed E-state index contributed by atoms with van der Waals surface area (Å²) in [4.78, 5) is 13.9. The molecule has 0 spiro atoms. The number of amides is 1. The molecule has 0 unspecified atom stereocenters. The first-order valence-corrected chi connectivity index (χ1v) is 6.00. The second kappa shape index (κ2) is 5.83. The van der Waals surface area contributed by atoms with E-state index in [9.17, 15) is 4.79 Å². The minimum absolute atomic E-state index is 0.0478. The number of hydrogen-bond donors (Lipinski definition) is 0. The molecule has 0 N–H and O–H groups in total. The van der Waals surface area contributed by atoms with Crippen LogP contribution in [-0.4, -0.2) is 17.9 Å². The van der Waals surface area contributed by atoms with Crippen molar-refractivity contribution in [3.8, 4) is 6.07 Å². The van der Waals surface area contributed by atoms with Crippen molar-refractivity contribution in [1.82, 2.24) is 4.90 Å². The molecule has 0 fully saturated rings. The van der Waals surface area contributed by atoms with Crippen LogP contribution in [0, 0.1) is 11.3 Å². The summed E-state index contributed by atoms with van der Waals surface area (Å²) in [5, 5.41) is 8.73. The predicted octanol–water partition coefficient (Wildman–Crippen LogP) is 2.83. The SMILES string of the molecule is CN(Cc1ccccc1)C(=O)c1ccc(C#N)cc1. The van der Waals surface area contributed by atoms with Crippen LogP contribution in [0.2, 0.25) is 0 Å². The maximum absolute atomic E-state index is 12.2. The van der Waals surface area contributed by atoms with Crippen molar-refractivity contribution in [3.05, 3.63) is 71.3 Å². The van der Waals surface area contributed by atoms with Crippen LogP contribution < -0.4 is 0 Å². The summed E-state index contributed by atoms with van der Waals surface area (Å²) in [7, 11) is 1.77. The van der Waals surface area contributed by atoms with E-state index in [-0.39, 0.29) is 5.91 Å². The van der Waals surface area contributed by atoms with Crippen molar-refractivity contribution in [1.29, 1.82) is 5.26 Å². The first-order chi connectivity index (χ1) is 9.20. The number of carbonyl (C=O) groups is 1. The third-order valence-electron chi connectivity index (χ3n) is 2.87. The summed E-state index contributed by atoms with van der Waals surface area (Å²) in [5.74, 6) is -0.0478. The molecule has 0 atom stereocenters. The first-order valence-electron chi connectivity index (χ1n) is 6.00. The Bertz CT molecular complexity index is 597. The summed E-state index contributed by atoms with van der Waals surface area (Å²) >= 11 is 0.